The Kier molecular flexibility index (Phi) is 7.07. The molecule has 40 heavy (non-hydrogen) atoms. The number of halogens is 4. The summed E-state index contributed by atoms with van der Waals surface area (Å²) in [5.41, 5.74) is 6.90. The van der Waals surface area contributed by atoms with Gasteiger partial charge in [-0.3, -0.25) is 4.90 Å². The Bertz CT molecular complexity index is 1650. The highest BCUT2D eigenvalue weighted by atomic mass is 35.5. The van der Waals surface area contributed by atoms with Crippen molar-refractivity contribution in [3.05, 3.63) is 113 Å². The van der Waals surface area contributed by atoms with E-state index in [-0.39, 0.29) is 0 Å². The number of rotatable bonds is 5. The van der Waals surface area contributed by atoms with E-state index in [0.717, 1.165) is 48.1 Å². The molecule has 7 heteroatoms. The van der Waals surface area contributed by atoms with Gasteiger partial charge in [-0.25, -0.2) is 0 Å². The molecule has 0 bridgehead atoms. The number of aromatic nitrogens is 1. The number of nitrogens with zero attached hydrogens (tertiary/aromatic N) is 2. The van der Waals surface area contributed by atoms with Crippen molar-refractivity contribution >= 4 is 28.1 Å². The molecule has 0 amide bonds. The summed E-state index contributed by atoms with van der Waals surface area (Å²) in [5.74, 6) is 0. The molecule has 0 unspecified atom stereocenters. The molecule has 0 aliphatic carbocycles. The van der Waals surface area contributed by atoms with Crippen molar-refractivity contribution in [3.8, 4) is 22.4 Å². The van der Waals surface area contributed by atoms with E-state index in [1.54, 1.807) is 6.07 Å². The van der Waals surface area contributed by atoms with Crippen LogP contribution in [0.15, 0.2) is 91.1 Å². The number of alkyl halides is 3. The maximum absolute atomic E-state index is 13.2. The molecule has 0 spiro atoms. The molecule has 1 aromatic heterocycles. The van der Waals surface area contributed by atoms with Gasteiger partial charge in [-0.05, 0) is 76.3 Å². The summed E-state index contributed by atoms with van der Waals surface area (Å²) in [4.78, 5) is 7.94. The van der Waals surface area contributed by atoms with Gasteiger partial charge < -0.3 is 9.88 Å². The highest BCUT2D eigenvalue weighted by Gasteiger charge is 2.31. The zero-order valence-corrected chi connectivity index (χ0v) is 22.9. The molecular formula is C33H29ClF3N3. The number of hydrogen-bond donors (Lipinski definition) is 1. The van der Waals surface area contributed by atoms with E-state index in [0.29, 0.717) is 23.8 Å². The molecule has 0 radical (unpaired) electrons. The van der Waals surface area contributed by atoms with E-state index in [9.17, 15) is 13.2 Å². The monoisotopic (exact) mass is 559 g/mol. The number of nitrogens with one attached hydrogen (secondary N) is 1. The minimum atomic E-state index is -4.34. The van der Waals surface area contributed by atoms with Gasteiger partial charge >= 0.3 is 6.18 Å². The molecule has 4 aromatic carbocycles. The van der Waals surface area contributed by atoms with Crippen LogP contribution in [0, 0.1) is 6.92 Å². The van der Waals surface area contributed by atoms with Crippen molar-refractivity contribution in [1.29, 1.82) is 0 Å². The van der Waals surface area contributed by atoms with Crippen LogP contribution in [-0.4, -0.2) is 36.1 Å². The van der Waals surface area contributed by atoms with Crippen molar-refractivity contribution in [2.24, 2.45) is 0 Å². The van der Waals surface area contributed by atoms with Crippen molar-refractivity contribution in [2.75, 3.05) is 31.1 Å². The molecule has 1 fully saturated rings. The maximum atomic E-state index is 13.2. The molecule has 1 aliphatic heterocycles. The van der Waals surface area contributed by atoms with Gasteiger partial charge in [-0.2, -0.15) is 13.2 Å². The fraction of sp³-hybridized carbons (Fsp3) is 0.212. The second kappa shape index (κ2) is 10.7. The highest BCUT2D eigenvalue weighted by Crippen LogP contribution is 2.40. The van der Waals surface area contributed by atoms with Gasteiger partial charge in [-0.15, -0.1) is 0 Å². The first-order chi connectivity index (χ1) is 19.3. The molecule has 0 atom stereocenters. The van der Waals surface area contributed by atoms with Gasteiger partial charge in [0.25, 0.3) is 0 Å². The summed E-state index contributed by atoms with van der Waals surface area (Å²) >= 11 is 6.20. The lowest BCUT2D eigenvalue weighted by molar-refractivity contribution is -0.137. The molecule has 1 saturated heterocycles. The summed E-state index contributed by atoms with van der Waals surface area (Å²) in [6, 6.07) is 26.5. The first kappa shape index (κ1) is 26.5. The molecule has 1 N–H and O–H groups in total. The normalized spacial score (nSPS) is 14.7. The summed E-state index contributed by atoms with van der Waals surface area (Å²) in [5, 5.41) is 3.10. The largest absolute Gasteiger partial charge is 0.416 e. The van der Waals surface area contributed by atoms with E-state index in [2.05, 4.69) is 65.3 Å². The SMILES string of the molecule is Cc1cccc2c(-c3[nH]ccc3CN3CCN(c4cccc(C(F)(F)F)c4)CC3)c(-c3ccc(Cl)cc3)ccc12. The zero-order chi connectivity index (χ0) is 27.9. The summed E-state index contributed by atoms with van der Waals surface area (Å²) in [6.07, 6.45) is -2.35. The number of piperazine rings is 1. The van der Waals surface area contributed by atoms with Crippen LogP contribution >= 0.6 is 11.6 Å². The smallest absolute Gasteiger partial charge is 0.369 e. The van der Waals surface area contributed by atoms with E-state index in [1.165, 1.54) is 34.0 Å². The fourth-order valence-corrected chi connectivity index (χ4v) is 5.83. The standard InChI is InChI=1S/C33H29ClF3N3/c1-22-4-2-7-30-28(22)12-13-29(23-8-10-26(34)11-9-23)31(30)32-24(14-15-38-32)21-39-16-18-40(19-17-39)27-6-3-5-25(20-27)33(35,36)37/h2-15,20,38H,16-19,21H2,1H3. The summed E-state index contributed by atoms with van der Waals surface area (Å²) in [6.45, 7) is 5.75. The Morgan fingerprint density at radius 1 is 0.825 bits per heavy atom. The van der Waals surface area contributed by atoms with Crippen LogP contribution in [0.5, 0.6) is 0 Å². The molecule has 6 rings (SSSR count). The molecular weight excluding hydrogens is 531 g/mol. The van der Waals surface area contributed by atoms with Crippen molar-refractivity contribution in [2.45, 2.75) is 19.6 Å². The van der Waals surface area contributed by atoms with Crippen molar-refractivity contribution < 1.29 is 13.2 Å². The molecule has 1 aliphatic rings. The van der Waals surface area contributed by atoms with Crippen LogP contribution in [0.25, 0.3) is 33.2 Å². The number of fused-ring (bicyclic) bond motifs is 1. The summed E-state index contributed by atoms with van der Waals surface area (Å²) in [7, 11) is 0. The van der Waals surface area contributed by atoms with Crippen LogP contribution in [0.1, 0.15) is 16.7 Å². The Balaban J connectivity index is 1.29. The lowest BCUT2D eigenvalue weighted by Gasteiger charge is -2.36. The quantitative estimate of drug-likeness (QED) is 0.232. The average molecular weight is 560 g/mol. The van der Waals surface area contributed by atoms with Crippen LogP contribution in [0.2, 0.25) is 5.02 Å². The topological polar surface area (TPSA) is 22.3 Å². The van der Waals surface area contributed by atoms with Gasteiger partial charge in [0, 0.05) is 55.2 Å². The van der Waals surface area contributed by atoms with Crippen LogP contribution < -0.4 is 4.90 Å². The third-order valence-corrected chi connectivity index (χ3v) is 8.07. The Morgan fingerprint density at radius 2 is 1.57 bits per heavy atom. The lowest BCUT2D eigenvalue weighted by Crippen LogP contribution is -2.46. The number of aryl methyl sites for hydroxylation is 1. The number of hydrogen-bond acceptors (Lipinski definition) is 2. The third-order valence-electron chi connectivity index (χ3n) is 7.82. The fourth-order valence-electron chi connectivity index (χ4n) is 5.70. The van der Waals surface area contributed by atoms with Gasteiger partial charge in [0.05, 0.1) is 11.3 Å². The number of anilines is 1. The third kappa shape index (κ3) is 5.21. The lowest BCUT2D eigenvalue weighted by atomic mass is 9.89. The predicted octanol–water partition coefficient (Wildman–Crippen LogP) is 8.80. The van der Waals surface area contributed by atoms with E-state index in [1.807, 2.05) is 23.2 Å². The Hall–Kier alpha value is -3.74. The first-order valence-electron chi connectivity index (χ1n) is 13.4. The zero-order valence-electron chi connectivity index (χ0n) is 22.1. The highest BCUT2D eigenvalue weighted by molar-refractivity contribution is 6.30. The molecule has 3 nitrogen and oxygen atoms in total. The van der Waals surface area contributed by atoms with E-state index >= 15 is 0 Å². The summed E-state index contributed by atoms with van der Waals surface area (Å²) < 4.78 is 39.7. The minimum Gasteiger partial charge on any atom is -0.369 e. The van der Waals surface area contributed by atoms with E-state index < -0.39 is 11.7 Å². The molecule has 0 saturated carbocycles. The van der Waals surface area contributed by atoms with Gasteiger partial charge in [0.15, 0.2) is 0 Å². The predicted molar refractivity (Wildman–Crippen MR) is 158 cm³/mol. The molecule has 204 valence electrons. The average Bonchev–Trinajstić information content (AvgIpc) is 3.41. The maximum Gasteiger partial charge on any atom is 0.416 e. The van der Waals surface area contributed by atoms with Gasteiger partial charge in [-0.1, -0.05) is 60.1 Å². The molecule has 2 heterocycles. The minimum absolute atomic E-state index is 0.605. The van der Waals surface area contributed by atoms with Gasteiger partial charge in [0.2, 0.25) is 0 Å². The first-order valence-corrected chi connectivity index (χ1v) is 13.8. The van der Waals surface area contributed by atoms with Crippen molar-refractivity contribution in [1.82, 2.24) is 9.88 Å². The Labute approximate surface area is 236 Å². The van der Waals surface area contributed by atoms with Crippen LogP contribution in [0.4, 0.5) is 18.9 Å². The van der Waals surface area contributed by atoms with Crippen molar-refractivity contribution in [3.63, 3.8) is 0 Å². The van der Waals surface area contributed by atoms with Crippen LogP contribution in [0.3, 0.4) is 0 Å². The number of H-pyrrole nitrogens is 1. The van der Waals surface area contributed by atoms with Gasteiger partial charge in [0.1, 0.15) is 0 Å². The second-order valence-corrected chi connectivity index (χ2v) is 10.8. The van der Waals surface area contributed by atoms with Crippen LogP contribution in [-0.2, 0) is 12.7 Å². The Morgan fingerprint density at radius 3 is 2.33 bits per heavy atom. The number of benzene rings is 4. The number of aromatic amines is 1. The second-order valence-electron chi connectivity index (χ2n) is 10.4. The van der Waals surface area contributed by atoms with E-state index in [4.69, 9.17) is 11.6 Å². The molecule has 5 aromatic rings.